The number of nitriles is 1. The van der Waals surface area contributed by atoms with Crippen molar-refractivity contribution >= 4 is 17.8 Å². The number of hydrogen-bond donors (Lipinski definition) is 0. The van der Waals surface area contributed by atoms with Crippen LogP contribution in [0.25, 0.3) is 0 Å². The second kappa shape index (κ2) is 7.09. The van der Waals surface area contributed by atoms with Gasteiger partial charge in [-0.05, 0) is 26.8 Å². The molecule has 0 N–H and O–H groups in total. The minimum Gasteiger partial charge on any atom is -0.466 e. The van der Waals surface area contributed by atoms with Crippen LogP contribution in [-0.2, 0) is 14.3 Å². The van der Waals surface area contributed by atoms with E-state index in [1.54, 1.807) is 20.8 Å². The minimum absolute atomic E-state index is 0.201. The molecule has 0 unspecified atom stereocenters. The van der Waals surface area contributed by atoms with E-state index in [0.29, 0.717) is 36.8 Å². The Balaban J connectivity index is 2.18. The smallest absolute Gasteiger partial charge is 0.340 e. The Morgan fingerprint density at radius 2 is 2.00 bits per heavy atom. The van der Waals surface area contributed by atoms with Gasteiger partial charge in [0, 0.05) is 13.1 Å². The van der Waals surface area contributed by atoms with Gasteiger partial charge in [-0.25, -0.2) is 9.78 Å². The second-order valence-corrected chi connectivity index (χ2v) is 5.18. The van der Waals surface area contributed by atoms with Crippen LogP contribution in [0.5, 0.6) is 0 Å². The molecule has 23 heavy (non-hydrogen) atoms. The van der Waals surface area contributed by atoms with Crippen molar-refractivity contribution in [1.29, 1.82) is 5.26 Å². The van der Waals surface area contributed by atoms with Crippen LogP contribution >= 0.6 is 0 Å². The summed E-state index contributed by atoms with van der Waals surface area (Å²) >= 11 is 0. The molecule has 0 saturated carbocycles. The number of pyridine rings is 1. The lowest BCUT2D eigenvalue weighted by atomic mass is 9.99. The number of carbonyl (C=O) groups excluding carboxylic acids is 2. The Morgan fingerprint density at radius 1 is 1.35 bits per heavy atom. The summed E-state index contributed by atoms with van der Waals surface area (Å²) in [7, 11) is 0. The standard InChI is InChI=1S/C16H19N3O4/c1-4-22-15(20)12-8-19(9-12)14-11(7-17)6-13(10(3)18-14)16(21)23-5-2/h6,12H,4-5,8-9H2,1-3H3. The average Bonchev–Trinajstić information content (AvgIpc) is 2.46. The highest BCUT2D eigenvalue weighted by Crippen LogP contribution is 2.28. The van der Waals surface area contributed by atoms with Gasteiger partial charge in [0.1, 0.15) is 11.9 Å². The first-order chi connectivity index (χ1) is 11.0. The van der Waals surface area contributed by atoms with Crippen LogP contribution in [0.15, 0.2) is 6.07 Å². The number of carbonyl (C=O) groups is 2. The Bertz CT molecular complexity index is 660. The molecule has 1 aromatic rings. The molecule has 1 saturated heterocycles. The molecule has 0 spiro atoms. The third-order valence-corrected chi connectivity index (χ3v) is 3.61. The molecule has 0 aliphatic carbocycles. The van der Waals surface area contributed by atoms with E-state index in [-0.39, 0.29) is 24.1 Å². The molecule has 0 radical (unpaired) electrons. The van der Waals surface area contributed by atoms with Gasteiger partial charge < -0.3 is 14.4 Å². The number of anilines is 1. The average molecular weight is 317 g/mol. The van der Waals surface area contributed by atoms with Gasteiger partial charge in [0.25, 0.3) is 0 Å². The van der Waals surface area contributed by atoms with Crippen LogP contribution in [-0.4, -0.2) is 43.2 Å². The van der Waals surface area contributed by atoms with E-state index in [9.17, 15) is 14.9 Å². The summed E-state index contributed by atoms with van der Waals surface area (Å²) in [5, 5.41) is 9.31. The number of aryl methyl sites for hydroxylation is 1. The summed E-state index contributed by atoms with van der Waals surface area (Å²) in [5.41, 5.74) is 1.08. The molecule has 7 nitrogen and oxygen atoms in total. The molecule has 1 aromatic heterocycles. The molecule has 0 bridgehead atoms. The summed E-state index contributed by atoms with van der Waals surface area (Å²) in [5.74, 6) is -0.442. The van der Waals surface area contributed by atoms with Crippen molar-refractivity contribution in [2.45, 2.75) is 20.8 Å². The van der Waals surface area contributed by atoms with Gasteiger partial charge in [-0.3, -0.25) is 4.79 Å². The van der Waals surface area contributed by atoms with E-state index >= 15 is 0 Å². The number of esters is 2. The maximum atomic E-state index is 11.9. The van der Waals surface area contributed by atoms with Crippen LogP contribution in [0.1, 0.15) is 35.5 Å². The first kappa shape index (κ1) is 16.7. The quantitative estimate of drug-likeness (QED) is 0.759. The molecule has 122 valence electrons. The Labute approximate surface area is 134 Å². The Kier molecular flexibility index (Phi) is 5.16. The summed E-state index contributed by atoms with van der Waals surface area (Å²) in [4.78, 5) is 29.7. The fourth-order valence-corrected chi connectivity index (χ4v) is 2.39. The topological polar surface area (TPSA) is 92.5 Å². The molecule has 7 heteroatoms. The first-order valence-corrected chi connectivity index (χ1v) is 7.52. The van der Waals surface area contributed by atoms with E-state index in [1.165, 1.54) is 6.07 Å². The van der Waals surface area contributed by atoms with Crippen molar-refractivity contribution in [1.82, 2.24) is 4.98 Å². The Morgan fingerprint density at radius 3 is 2.57 bits per heavy atom. The van der Waals surface area contributed by atoms with Crippen LogP contribution in [0.4, 0.5) is 5.82 Å². The SMILES string of the molecule is CCOC(=O)c1cc(C#N)c(N2CC(C(=O)OCC)C2)nc1C. The maximum absolute atomic E-state index is 11.9. The third-order valence-electron chi connectivity index (χ3n) is 3.61. The molecule has 1 aliphatic rings. The largest absolute Gasteiger partial charge is 0.466 e. The zero-order valence-electron chi connectivity index (χ0n) is 13.5. The van der Waals surface area contributed by atoms with Crippen molar-refractivity contribution in [3.05, 3.63) is 22.9 Å². The molecular formula is C16H19N3O4. The number of aromatic nitrogens is 1. The summed E-state index contributed by atoms with van der Waals surface area (Å²) in [6.45, 7) is 6.70. The van der Waals surface area contributed by atoms with Crippen LogP contribution in [0, 0.1) is 24.2 Å². The van der Waals surface area contributed by atoms with E-state index in [1.807, 2.05) is 4.90 Å². The lowest BCUT2D eigenvalue weighted by Crippen LogP contribution is -2.51. The molecule has 0 amide bonds. The van der Waals surface area contributed by atoms with Gasteiger partial charge >= 0.3 is 11.9 Å². The third kappa shape index (κ3) is 3.42. The van der Waals surface area contributed by atoms with Crippen molar-refractivity contribution in [3.63, 3.8) is 0 Å². The van der Waals surface area contributed by atoms with Crippen LogP contribution in [0.2, 0.25) is 0 Å². The summed E-state index contributed by atoms with van der Waals surface area (Å²) in [6.07, 6.45) is 0. The van der Waals surface area contributed by atoms with Crippen molar-refractivity contribution < 1.29 is 19.1 Å². The zero-order valence-corrected chi connectivity index (χ0v) is 13.5. The van der Waals surface area contributed by atoms with Crippen LogP contribution in [0.3, 0.4) is 0 Å². The molecule has 1 aliphatic heterocycles. The lowest BCUT2D eigenvalue weighted by molar-refractivity contribution is -0.148. The van der Waals surface area contributed by atoms with E-state index in [4.69, 9.17) is 9.47 Å². The normalized spacial score (nSPS) is 13.9. The number of ether oxygens (including phenoxy) is 2. The van der Waals surface area contributed by atoms with Crippen LogP contribution < -0.4 is 4.90 Å². The first-order valence-electron chi connectivity index (χ1n) is 7.52. The fourth-order valence-electron chi connectivity index (χ4n) is 2.39. The van der Waals surface area contributed by atoms with Crippen molar-refractivity contribution in [2.75, 3.05) is 31.2 Å². The van der Waals surface area contributed by atoms with Gasteiger partial charge in [-0.15, -0.1) is 0 Å². The summed E-state index contributed by atoms with van der Waals surface area (Å²) < 4.78 is 9.94. The van der Waals surface area contributed by atoms with Gasteiger partial charge in [-0.1, -0.05) is 0 Å². The Hall–Kier alpha value is -2.62. The predicted octanol–water partition coefficient (Wildman–Crippen LogP) is 1.44. The lowest BCUT2D eigenvalue weighted by Gasteiger charge is -2.39. The highest BCUT2D eigenvalue weighted by Gasteiger charge is 2.36. The van der Waals surface area contributed by atoms with Gasteiger partial charge in [0.15, 0.2) is 0 Å². The minimum atomic E-state index is -0.492. The van der Waals surface area contributed by atoms with Crippen molar-refractivity contribution in [2.24, 2.45) is 5.92 Å². The van der Waals surface area contributed by atoms with Gasteiger partial charge in [0.2, 0.25) is 0 Å². The van der Waals surface area contributed by atoms with E-state index < -0.39 is 5.97 Å². The number of nitrogens with zero attached hydrogens (tertiary/aromatic N) is 3. The fraction of sp³-hybridized carbons (Fsp3) is 0.500. The molecular weight excluding hydrogens is 298 g/mol. The van der Waals surface area contributed by atoms with Gasteiger partial charge in [0.05, 0.1) is 36.0 Å². The second-order valence-electron chi connectivity index (χ2n) is 5.18. The molecule has 2 heterocycles. The van der Waals surface area contributed by atoms with Crippen molar-refractivity contribution in [3.8, 4) is 6.07 Å². The predicted molar refractivity (Wildman–Crippen MR) is 82.0 cm³/mol. The number of hydrogen-bond acceptors (Lipinski definition) is 7. The van der Waals surface area contributed by atoms with E-state index in [0.717, 1.165) is 0 Å². The van der Waals surface area contributed by atoms with Gasteiger partial charge in [-0.2, -0.15) is 5.26 Å². The molecule has 0 aromatic carbocycles. The summed E-state index contributed by atoms with van der Waals surface area (Å²) in [6, 6.07) is 3.54. The highest BCUT2D eigenvalue weighted by molar-refractivity contribution is 5.91. The number of rotatable bonds is 5. The zero-order chi connectivity index (χ0) is 17.0. The van der Waals surface area contributed by atoms with E-state index in [2.05, 4.69) is 11.1 Å². The molecule has 0 atom stereocenters. The molecule has 2 rings (SSSR count). The monoisotopic (exact) mass is 317 g/mol. The molecule has 1 fully saturated rings. The maximum Gasteiger partial charge on any atom is 0.340 e. The highest BCUT2D eigenvalue weighted by atomic mass is 16.5.